The Bertz CT molecular complexity index is 750. The van der Waals surface area contributed by atoms with Crippen LogP contribution in [0.5, 0.6) is 5.75 Å². The van der Waals surface area contributed by atoms with Crippen LogP contribution >= 0.6 is 12.2 Å². The minimum atomic E-state index is -0.836. The van der Waals surface area contributed by atoms with Gasteiger partial charge in [0.2, 0.25) is 4.77 Å². The lowest BCUT2D eigenvalue weighted by atomic mass is 9.72. The van der Waals surface area contributed by atoms with E-state index in [0.29, 0.717) is 11.3 Å². The molecule has 5 nitrogen and oxygen atoms in total. The van der Waals surface area contributed by atoms with Gasteiger partial charge in [0.05, 0.1) is 19.3 Å². The summed E-state index contributed by atoms with van der Waals surface area (Å²) in [5, 5.41) is 14.6. The van der Waals surface area contributed by atoms with Gasteiger partial charge in [-0.05, 0) is 60.5 Å². The quantitative estimate of drug-likeness (QED) is 0.814. The molecule has 2 N–H and O–H groups in total. The van der Waals surface area contributed by atoms with Crippen LogP contribution in [-0.4, -0.2) is 32.6 Å². The van der Waals surface area contributed by atoms with Crippen molar-refractivity contribution in [3.63, 3.8) is 0 Å². The van der Waals surface area contributed by atoms with Crippen LogP contribution in [0.3, 0.4) is 0 Å². The highest BCUT2D eigenvalue weighted by Gasteiger charge is 2.54. The van der Waals surface area contributed by atoms with Crippen LogP contribution in [-0.2, 0) is 13.0 Å². The molecule has 0 aliphatic heterocycles. The second-order valence-corrected chi connectivity index (χ2v) is 7.72. The van der Waals surface area contributed by atoms with Gasteiger partial charge >= 0.3 is 0 Å². The Balaban J connectivity index is 1.85. The summed E-state index contributed by atoms with van der Waals surface area (Å²) >= 11 is 5.24. The van der Waals surface area contributed by atoms with Gasteiger partial charge in [-0.1, -0.05) is 26.0 Å². The Morgan fingerprint density at radius 3 is 2.67 bits per heavy atom. The second kappa shape index (κ2) is 6.33. The number of rotatable bonds is 5. The summed E-state index contributed by atoms with van der Waals surface area (Å²) in [7, 11) is 1.67. The highest BCUT2D eigenvalue weighted by molar-refractivity contribution is 7.71. The molecule has 0 bridgehead atoms. The number of ether oxygens (including phenoxy) is 1. The Labute approximate surface area is 147 Å². The summed E-state index contributed by atoms with van der Waals surface area (Å²) in [6, 6.07) is 8.10. The maximum Gasteiger partial charge on any atom is 0.215 e. The molecule has 24 heavy (non-hydrogen) atoms. The average molecular weight is 347 g/mol. The normalized spacial score (nSPS) is 25.8. The van der Waals surface area contributed by atoms with E-state index in [-0.39, 0.29) is 11.3 Å². The van der Waals surface area contributed by atoms with Crippen LogP contribution in [0.2, 0.25) is 0 Å². The van der Waals surface area contributed by atoms with Gasteiger partial charge in [-0.3, -0.25) is 9.78 Å². The molecule has 1 heterocycles. The van der Waals surface area contributed by atoms with Crippen molar-refractivity contribution in [1.29, 1.82) is 0 Å². The molecule has 0 radical (unpaired) electrons. The third kappa shape index (κ3) is 3.00. The molecule has 1 aromatic heterocycles. The van der Waals surface area contributed by atoms with Gasteiger partial charge < -0.3 is 9.84 Å². The first-order chi connectivity index (χ1) is 11.4. The second-order valence-electron chi connectivity index (χ2n) is 7.35. The van der Waals surface area contributed by atoms with Gasteiger partial charge in [0, 0.05) is 0 Å². The Hall–Kier alpha value is -1.66. The van der Waals surface area contributed by atoms with Gasteiger partial charge in [0.1, 0.15) is 12.1 Å². The molecule has 6 heteroatoms. The highest BCUT2D eigenvalue weighted by Crippen LogP contribution is 2.51. The lowest BCUT2D eigenvalue weighted by molar-refractivity contribution is -0.0909. The number of hydrogen-bond acceptors (Lipinski definition) is 4. The molecule has 1 fully saturated rings. The molecule has 2 unspecified atom stereocenters. The highest BCUT2D eigenvalue weighted by atomic mass is 32.1. The van der Waals surface area contributed by atoms with E-state index in [4.69, 9.17) is 17.0 Å². The average Bonchev–Trinajstić information content (AvgIpc) is 3.05. The minimum Gasteiger partial charge on any atom is -0.497 e. The lowest BCUT2D eigenvalue weighted by Gasteiger charge is -2.41. The molecular formula is C18H25N3O2S. The van der Waals surface area contributed by atoms with Crippen molar-refractivity contribution in [2.45, 2.75) is 45.3 Å². The summed E-state index contributed by atoms with van der Waals surface area (Å²) in [5.41, 5.74) is 0.201. The summed E-state index contributed by atoms with van der Waals surface area (Å²) in [4.78, 5) is 4.06. The fraction of sp³-hybridized carbons (Fsp3) is 0.556. The zero-order chi connectivity index (χ0) is 17.4. The summed E-state index contributed by atoms with van der Waals surface area (Å²) in [6.45, 7) is 4.72. The number of hydrogen-bond donors (Lipinski definition) is 2. The molecule has 0 spiro atoms. The molecule has 1 aromatic carbocycles. The fourth-order valence-electron chi connectivity index (χ4n) is 3.84. The first-order valence-corrected chi connectivity index (χ1v) is 8.72. The molecule has 2 atom stereocenters. The van der Waals surface area contributed by atoms with E-state index in [1.807, 2.05) is 12.1 Å². The van der Waals surface area contributed by atoms with E-state index >= 15 is 0 Å². The predicted molar refractivity (Wildman–Crippen MR) is 95.6 cm³/mol. The summed E-state index contributed by atoms with van der Waals surface area (Å²) in [5.74, 6) is 1.02. The largest absolute Gasteiger partial charge is 0.497 e. The zero-order valence-electron chi connectivity index (χ0n) is 14.5. The van der Waals surface area contributed by atoms with E-state index in [2.05, 4.69) is 36.1 Å². The van der Waals surface area contributed by atoms with Crippen molar-refractivity contribution in [3.05, 3.63) is 40.9 Å². The van der Waals surface area contributed by atoms with Crippen molar-refractivity contribution in [1.82, 2.24) is 14.8 Å². The van der Waals surface area contributed by atoms with Crippen molar-refractivity contribution < 1.29 is 9.84 Å². The summed E-state index contributed by atoms with van der Waals surface area (Å²) in [6.07, 6.45) is 4.40. The number of methoxy groups -OCH3 is 1. The molecule has 130 valence electrons. The van der Waals surface area contributed by atoms with E-state index in [9.17, 15) is 5.11 Å². The van der Waals surface area contributed by atoms with Crippen molar-refractivity contribution >= 4 is 12.2 Å². The molecule has 2 aromatic rings. The van der Waals surface area contributed by atoms with E-state index in [1.165, 1.54) is 5.56 Å². The monoisotopic (exact) mass is 347 g/mol. The van der Waals surface area contributed by atoms with Gasteiger partial charge in [-0.2, -0.15) is 0 Å². The molecule has 0 saturated heterocycles. The predicted octanol–water partition coefficient (Wildman–Crippen LogP) is 3.36. The first kappa shape index (κ1) is 17.2. The van der Waals surface area contributed by atoms with Crippen molar-refractivity contribution in [2.75, 3.05) is 7.11 Å². The van der Waals surface area contributed by atoms with E-state index in [1.54, 1.807) is 18.1 Å². The van der Waals surface area contributed by atoms with Crippen LogP contribution in [0.1, 0.15) is 32.3 Å². The van der Waals surface area contributed by atoms with Gasteiger partial charge in [0.25, 0.3) is 0 Å². The topological polar surface area (TPSA) is 63.1 Å². The molecular weight excluding hydrogens is 322 g/mol. The maximum atomic E-state index is 11.6. The fourth-order valence-corrected chi connectivity index (χ4v) is 4.01. The van der Waals surface area contributed by atoms with Crippen molar-refractivity contribution in [2.24, 2.45) is 11.3 Å². The van der Waals surface area contributed by atoms with Crippen LogP contribution < -0.4 is 4.74 Å². The summed E-state index contributed by atoms with van der Waals surface area (Å²) < 4.78 is 7.47. The smallest absolute Gasteiger partial charge is 0.215 e. The maximum absolute atomic E-state index is 11.6. The number of benzene rings is 1. The third-order valence-electron chi connectivity index (χ3n) is 5.62. The lowest BCUT2D eigenvalue weighted by Crippen LogP contribution is -2.49. The number of aliphatic hydroxyl groups is 1. The number of nitrogens with zero attached hydrogens (tertiary/aromatic N) is 2. The molecule has 1 saturated carbocycles. The third-order valence-corrected chi connectivity index (χ3v) is 5.95. The Morgan fingerprint density at radius 1 is 1.38 bits per heavy atom. The minimum absolute atomic E-state index is 0.172. The number of H-pyrrole nitrogens is 1. The van der Waals surface area contributed by atoms with E-state index < -0.39 is 5.60 Å². The van der Waals surface area contributed by atoms with Gasteiger partial charge in [0.15, 0.2) is 0 Å². The molecule has 1 aliphatic carbocycles. The van der Waals surface area contributed by atoms with Crippen LogP contribution in [0, 0.1) is 16.1 Å². The molecule has 3 rings (SSSR count). The first-order valence-electron chi connectivity index (χ1n) is 8.31. The number of aromatic nitrogens is 3. The van der Waals surface area contributed by atoms with Crippen LogP contribution in [0.15, 0.2) is 30.6 Å². The van der Waals surface area contributed by atoms with E-state index in [0.717, 1.165) is 25.0 Å². The number of nitrogens with one attached hydrogen (secondary N) is 1. The Morgan fingerprint density at radius 2 is 2.08 bits per heavy atom. The molecule has 1 aliphatic rings. The number of aromatic amines is 1. The zero-order valence-corrected chi connectivity index (χ0v) is 15.3. The SMILES string of the molecule is COc1ccc(CC2CCC(C)(C)C2(O)Cn2[nH]cnc2=S)cc1. The van der Waals surface area contributed by atoms with Gasteiger partial charge in [-0.15, -0.1) is 0 Å². The standard InChI is InChI=1S/C18H25N3O2S/c1-17(2)9-8-14(10-13-4-6-15(23-3)7-5-13)18(17,22)11-21-16(24)19-12-20-21/h4-7,12,14,22H,8-11H2,1-3H3,(H,19,20,24). The Kier molecular flexibility index (Phi) is 4.53. The molecule has 0 amide bonds. The van der Waals surface area contributed by atoms with Gasteiger partial charge in [-0.25, -0.2) is 4.98 Å². The van der Waals surface area contributed by atoms with Crippen molar-refractivity contribution in [3.8, 4) is 5.75 Å². The van der Waals surface area contributed by atoms with Crippen LogP contribution in [0.25, 0.3) is 0 Å². The van der Waals surface area contributed by atoms with Crippen LogP contribution in [0.4, 0.5) is 0 Å².